The maximum absolute atomic E-state index is 13.0. The van der Waals surface area contributed by atoms with Gasteiger partial charge < -0.3 is 5.32 Å². The summed E-state index contributed by atoms with van der Waals surface area (Å²) in [7, 11) is -1.60. The van der Waals surface area contributed by atoms with Gasteiger partial charge in [0.2, 0.25) is 10.0 Å². The van der Waals surface area contributed by atoms with Crippen LogP contribution in [0.3, 0.4) is 0 Å². The molecule has 0 unspecified atom stereocenters. The Kier molecular flexibility index (Phi) is 6.19. The molecule has 0 atom stereocenters. The second kappa shape index (κ2) is 7.02. The molecular formula is C14H26N2O2S2. The molecule has 0 fully saturated rings. The maximum Gasteiger partial charge on any atom is 0.244 e. The fourth-order valence-corrected chi connectivity index (χ4v) is 5.76. The fraction of sp³-hybridized carbons (Fsp3) is 0.714. The predicted octanol–water partition coefficient (Wildman–Crippen LogP) is 2.83. The molecule has 1 heterocycles. The highest BCUT2D eigenvalue weighted by molar-refractivity contribution is 7.89. The van der Waals surface area contributed by atoms with Crippen LogP contribution < -0.4 is 5.32 Å². The Morgan fingerprint density at radius 2 is 1.90 bits per heavy atom. The largest absolute Gasteiger partial charge is 0.315 e. The zero-order valence-electron chi connectivity index (χ0n) is 13.2. The van der Waals surface area contributed by atoms with Crippen molar-refractivity contribution in [3.05, 3.63) is 15.8 Å². The summed E-state index contributed by atoms with van der Waals surface area (Å²) in [5, 5.41) is 4.97. The number of nitrogens with one attached hydrogen (secondary N) is 1. The van der Waals surface area contributed by atoms with Gasteiger partial charge in [-0.3, -0.25) is 0 Å². The normalized spacial score (nSPS) is 12.8. The summed E-state index contributed by atoms with van der Waals surface area (Å²) < 4.78 is 27.6. The second-order valence-corrected chi connectivity index (χ2v) is 8.56. The highest BCUT2D eigenvalue weighted by Crippen LogP contribution is 2.30. The molecule has 0 aromatic carbocycles. The number of nitrogens with zero attached hydrogens (tertiary/aromatic N) is 1. The minimum atomic E-state index is -3.43. The lowest BCUT2D eigenvalue weighted by Gasteiger charge is -2.28. The number of thiophene rings is 1. The third kappa shape index (κ3) is 3.81. The van der Waals surface area contributed by atoms with E-state index in [-0.39, 0.29) is 6.04 Å². The maximum atomic E-state index is 13.0. The molecule has 1 N–H and O–H groups in total. The van der Waals surface area contributed by atoms with E-state index in [4.69, 9.17) is 0 Å². The molecule has 20 heavy (non-hydrogen) atoms. The van der Waals surface area contributed by atoms with Gasteiger partial charge in [-0.05, 0) is 44.7 Å². The van der Waals surface area contributed by atoms with Crippen LogP contribution in [0.5, 0.6) is 0 Å². The molecular weight excluding hydrogens is 292 g/mol. The second-order valence-electron chi connectivity index (χ2n) is 5.76. The van der Waals surface area contributed by atoms with Crippen LogP contribution in [0.15, 0.2) is 10.3 Å². The summed E-state index contributed by atoms with van der Waals surface area (Å²) in [6.45, 7) is 10.9. The van der Waals surface area contributed by atoms with Crippen molar-refractivity contribution in [1.82, 2.24) is 9.62 Å². The Bertz CT molecular complexity index is 533. The van der Waals surface area contributed by atoms with Crippen LogP contribution in [-0.4, -0.2) is 32.4 Å². The molecule has 0 aliphatic carbocycles. The molecule has 0 bridgehead atoms. The van der Waals surface area contributed by atoms with Crippen molar-refractivity contribution in [3.8, 4) is 0 Å². The third-order valence-corrected chi connectivity index (χ3v) is 6.52. The summed E-state index contributed by atoms with van der Waals surface area (Å²) in [4.78, 5) is 1.38. The van der Waals surface area contributed by atoms with Gasteiger partial charge in [0.1, 0.15) is 4.90 Å². The van der Waals surface area contributed by atoms with Crippen LogP contribution in [0.1, 0.15) is 38.1 Å². The van der Waals surface area contributed by atoms with E-state index in [1.54, 1.807) is 4.31 Å². The average molecular weight is 319 g/mol. The Hall–Kier alpha value is -0.430. The van der Waals surface area contributed by atoms with Crippen molar-refractivity contribution in [2.24, 2.45) is 5.92 Å². The van der Waals surface area contributed by atoms with Crippen LogP contribution >= 0.6 is 11.3 Å². The molecule has 6 heteroatoms. The van der Waals surface area contributed by atoms with E-state index in [2.05, 4.69) is 5.32 Å². The lowest BCUT2D eigenvalue weighted by molar-refractivity contribution is 0.318. The summed E-state index contributed by atoms with van der Waals surface area (Å²) >= 11 is 1.51. The molecule has 0 radical (unpaired) electrons. The van der Waals surface area contributed by atoms with E-state index in [1.165, 1.54) is 11.3 Å². The predicted molar refractivity (Wildman–Crippen MR) is 85.7 cm³/mol. The zero-order chi connectivity index (χ0) is 15.5. The van der Waals surface area contributed by atoms with Gasteiger partial charge in [-0.1, -0.05) is 13.8 Å². The summed E-state index contributed by atoms with van der Waals surface area (Å²) in [6.07, 6.45) is 0. The van der Waals surface area contributed by atoms with Crippen LogP contribution in [0.2, 0.25) is 0 Å². The van der Waals surface area contributed by atoms with E-state index in [0.29, 0.717) is 23.9 Å². The molecule has 0 saturated heterocycles. The first-order valence-corrected chi connectivity index (χ1v) is 9.27. The summed E-state index contributed by atoms with van der Waals surface area (Å²) in [5.41, 5.74) is 0.842. The molecule has 1 rings (SSSR count). The molecule has 1 aromatic rings. The van der Waals surface area contributed by atoms with Crippen LogP contribution in [0.25, 0.3) is 0 Å². The van der Waals surface area contributed by atoms with Crippen LogP contribution in [-0.2, 0) is 16.6 Å². The molecule has 1 aromatic heterocycles. The summed E-state index contributed by atoms with van der Waals surface area (Å²) in [6, 6.07) is -0.0378. The Morgan fingerprint density at radius 3 is 2.35 bits per heavy atom. The first kappa shape index (κ1) is 17.6. The number of hydrogen-bond donors (Lipinski definition) is 1. The van der Waals surface area contributed by atoms with Crippen molar-refractivity contribution in [2.45, 2.75) is 52.1 Å². The van der Waals surface area contributed by atoms with E-state index in [0.717, 1.165) is 10.4 Å². The molecule has 4 nitrogen and oxygen atoms in total. The third-order valence-electron chi connectivity index (χ3n) is 3.01. The molecule has 0 saturated carbocycles. The van der Waals surface area contributed by atoms with Gasteiger partial charge in [0.15, 0.2) is 0 Å². The van der Waals surface area contributed by atoms with E-state index < -0.39 is 10.0 Å². The topological polar surface area (TPSA) is 49.4 Å². The van der Waals surface area contributed by atoms with Gasteiger partial charge in [0, 0.05) is 24.0 Å². The first-order valence-electron chi connectivity index (χ1n) is 6.95. The van der Waals surface area contributed by atoms with Crippen molar-refractivity contribution >= 4 is 21.4 Å². The molecule has 0 aliphatic heterocycles. The lowest BCUT2D eigenvalue weighted by Crippen LogP contribution is -2.40. The highest BCUT2D eigenvalue weighted by Gasteiger charge is 2.31. The Labute approximate surface area is 127 Å². The van der Waals surface area contributed by atoms with Crippen molar-refractivity contribution in [2.75, 3.05) is 13.6 Å². The standard InChI is InChI=1S/C14H26N2O2S2/c1-10(2)8-16(11(3)4)20(17,18)14-12(5)9-19-13(14)7-15-6/h9-11,15H,7-8H2,1-6H3. The summed E-state index contributed by atoms with van der Waals surface area (Å²) in [5.74, 6) is 0.305. The Morgan fingerprint density at radius 1 is 1.30 bits per heavy atom. The van der Waals surface area contributed by atoms with Gasteiger partial charge >= 0.3 is 0 Å². The van der Waals surface area contributed by atoms with Crippen molar-refractivity contribution in [1.29, 1.82) is 0 Å². The Balaban J connectivity index is 3.29. The SMILES string of the molecule is CNCc1scc(C)c1S(=O)(=O)N(CC(C)C)C(C)C. The highest BCUT2D eigenvalue weighted by atomic mass is 32.2. The molecule has 0 amide bonds. The minimum Gasteiger partial charge on any atom is -0.315 e. The van der Waals surface area contributed by atoms with Gasteiger partial charge in [-0.25, -0.2) is 8.42 Å². The van der Waals surface area contributed by atoms with Gasteiger partial charge in [-0.15, -0.1) is 11.3 Å². The number of sulfonamides is 1. The van der Waals surface area contributed by atoms with Crippen molar-refractivity contribution in [3.63, 3.8) is 0 Å². The first-order chi connectivity index (χ1) is 9.21. The molecule has 116 valence electrons. The number of rotatable bonds is 7. The smallest absolute Gasteiger partial charge is 0.244 e. The number of aryl methyl sites for hydroxylation is 1. The zero-order valence-corrected chi connectivity index (χ0v) is 14.9. The quantitative estimate of drug-likeness (QED) is 0.841. The average Bonchev–Trinajstić information content (AvgIpc) is 2.68. The fourth-order valence-electron chi connectivity index (χ4n) is 2.18. The van der Waals surface area contributed by atoms with E-state index in [9.17, 15) is 8.42 Å². The molecule has 0 aliphatic rings. The van der Waals surface area contributed by atoms with Gasteiger partial charge in [-0.2, -0.15) is 4.31 Å². The van der Waals surface area contributed by atoms with Crippen molar-refractivity contribution < 1.29 is 8.42 Å². The monoisotopic (exact) mass is 318 g/mol. The van der Waals surface area contributed by atoms with Gasteiger partial charge in [0.05, 0.1) is 0 Å². The lowest BCUT2D eigenvalue weighted by atomic mass is 10.2. The van der Waals surface area contributed by atoms with E-state index in [1.807, 2.05) is 47.0 Å². The number of hydrogen-bond acceptors (Lipinski definition) is 4. The van der Waals surface area contributed by atoms with Crippen LogP contribution in [0.4, 0.5) is 0 Å². The van der Waals surface area contributed by atoms with Crippen LogP contribution in [0, 0.1) is 12.8 Å². The molecule has 0 spiro atoms. The minimum absolute atomic E-state index is 0.0378. The van der Waals surface area contributed by atoms with Gasteiger partial charge in [0.25, 0.3) is 0 Å². The van der Waals surface area contributed by atoms with E-state index >= 15 is 0 Å².